The molecule has 0 radical (unpaired) electrons. The van der Waals surface area contributed by atoms with Crippen LogP contribution in [0.4, 0.5) is 0 Å². The minimum absolute atomic E-state index is 0.0390. The molecule has 4 rings (SSSR count). The average Bonchev–Trinajstić information content (AvgIpc) is 3.23. The topological polar surface area (TPSA) is 94.5 Å². The van der Waals surface area contributed by atoms with E-state index in [1.54, 1.807) is 30.3 Å². The first kappa shape index (κ1) is 23.2. The molecule has 1 saturated heterocycles. The lowest BCUT2D eigenvalue weighted by molar-refractivity contribution is 0.0681. The Morgan fingerprint density at radius 1 is 1.24 bits per heavy atom. The van der Waals surface area contributed by atoms with Gasteiger partial charge in [-0.2, -0.15) is 10.4 Å². The molecule has 1 unspecified atom stereocenters. The molecule has 7 nitrogen and oxygen atoms in total. The second-order valence-electron chi connectivity index (χ2n) is 8.16. The number of phenolic OH excluding ortho intramolecular Hbond substituents is 1. The maximum Gasteiger partial charge on any atom is 0.253 e. The van der Waals surface area contributed by atoms with Crippen LogP contribution in [0.1, 0.15) is 35.2 Å². The van der Waals surface area contributed by atoms with Crippen molar-refractivity contribution in [3.05, 3.63) is 58.7 Å². The van der Waals surface area contributed by atoms with Crippen molar-refractivity contribution in [3.8, 4) is 11.8 Å². The Morgan fingerprint density at radius 2 is 1.97 bits per heavy atom. The number of hydrogen-bond acceptors (Lipinski definition) is 5. The van der Waals surface area contributed by atoms with Gasteiger partial charge in [-0.25, -0.2) is 0 Å². The number of benzene rings is 2. The number of nitriles is 1. The van der Waals surface area contributed by atoms with E-state index < -0.39 is 0 Å². The van der Waals surface area contributed by atoms with Crippen molar-refractivity contribution < 1.29 is 9.90 Å². The van der Waals surface area contributed by atoms with Gasteiger partial charge in [0.1, 0.15) is 5.75 Å². The summed E-state index contributed by atoms with van der Waals surface area (Å²) in [5, 5.41) is 25.4. The van der Waals surface area contributed by atoms with Crippen LogP contribution in [0, 0.1) is 17.2 Å². The van der Waals surface area contributed by atoms with Gasteiger partial charge in [-0.3, -0.25) is 14.5 Å². The number of aromatic hydroxyl groups is 1. The Balaban J connectivity index is 1.40. The van der Waals surface area contributed by atoms with Gasteiger partial charge < -0.3 is 10.0 Å². The second-order valence-corrected chi connectivity index (χ2v) is 9.15. The van der Waals surface area contributed by atoms with E-state index in [0.29, 0.717) is 59.0 Å². The molecule has 0 spiro atoms. The van der Waals surface area contributed by atoms with Crippen molar-refractivity contribution >= 4 is 43.1 Å². The summed E-state index contributed by atoms with van der Waals surface area (Å²) in [6.45, 7) is 2.54. The number of carbonyl (C=O) groups is 1. The number of piperidine rings is 1. The maximum atomic E-state index is 12.7. The number of aromatic nitrogens is 2. The molecule has 1 aromatic heterocycles. The number of rotatable bonds is 6. The zero-order chi connectivity index (χ0) is 23.4. The molecular formula is C24H25ClN5O2P. The molecule has 0 saturated carbocycles. The fraction of sp³-hybridized carbons (Fsp3) is 0.333. The molecule has 1 aliphatic rings. The highest BCUT2D eigenvalue weighted by Crippen LogP contribution is 2.31. The first-order valence-corrected chi connectivity index (χ1v) is 11.8. The number of amides is 1. The van der Waals surface area contributed by atoms with Crippen LogP contribution in [0.5, 0.6) is 5.75 Å². The summed E-state index contributed by atoms with van der Waals surface area (Å²) in [5.41, 5.74) is 2.63. The molecule has 170 valence electrons. The molecule has 33 heavy (non-hydrogen) atoms. The molecule has 1 fully saturated rings. The Hall–Kier alpha value is -2.94. The van der Waals surface area contributed by atoms with E-state index in [0.717, 1.165) is 24.9 Å². The summed E-state index contributed by atoms with van der Waals surface area (Å²) in [7, 11) is 2.53. The van der Waals surface area contributed by atoms with Crippen molar-refractivity contribution in [3.63, 3.8) is 0 Å². The van der Waals surface area contributed by atoms with Crippen LogP contribution >= 0.6 is 20.8 Å². The summed E-state index contributed by atoms with van der Waals surface area (Å²) < 4.78 is 1.88. The number of hydrogen-bond donors (Lipinski definition) is 1. The summed E-state index contributed by atoms with van der Waals surface area (Å²) in [5.74, 6) is 0.588. The maximum absolute atomic E-state index is 12.7. The van der Waals surface area contributed by atoms with Crippen LogP contribution < -0.4 is 0 Å². The largest absolute Gasteiger partial charge is 0.506 e. The molecule has 2 aromatic carbocycles. The van der Waals surface area contributed by atoms with E-state index in [4.69, 9.17) is 16.9 Å². The third-order valence-corrected chi connectivity index (χ3v) is 6.67. The Bertz CT molecular complexity index is 1220. The molecule has 9 heteroatoms. The number of likely N-dealkylation sites (tertiary alicyclic amines) is 1. The van der Waals surface area contributed by atoms with Crippen LogP contribution in [0.15, 0.2) is 47.6 Å². The number of halogens is 1. The Morgan fingerprint density at radius 3 is 2.67 bits per heavy atom. The molecule has 1 atom stereocenters. The van der Waals surface area contributed by atoms with Gasteiger partial charge in [0.05, 0.1) is 35.4 Å². The van der Waals surface area contributed by atoms with E-state index in [9.17, 15) is 9.90 Å². The molecular weight excluding hydrogens is 457 g/mol. The number of phenols is 1. The molecule has 0 bridgehead atoms. The lowest BCUT2D eigenvalue weighted by Gasteiger charge is -2.32. The Kier molecular flexibility index (Phi) is 7.27. The smallest absolute Gasteiger partial charge is 0.253 e. The van der Waals surface area contributed by atoms with E-state index in [2.05, 4.69) is 25.4 Å². The molecule has 0 aliphatic carbocycles. The molecule has 2 heterocycles. The lowest BCUT2D eigenvalue weighted by atomic mass is 9.96. The first-order chi connectivity index (χ1) is 16.0. The number of aliphatic imine (C=N–C) groups is 1. The van der Waals surface area contributed by atoms with Crippen LogP contribution in [0.2, 0.25) is 5.02 Å². The minimum Gasteiger partial charge on any atom is -0.506 e. The molecule has 1 aliphatic heterocycles. The van der Waals surface area contributed by atoms with Gasteiger partial charge in [-0.1, -0.05) is 20.8 Å². The normalized spacial score (nSPS) is 15.1. The van der Waals surface area contributed by atoms with Gasteiger partial charge in [0.2, 0.25) is 0 Å². The molecule has 1 N–H and O–H groups in total. The SMILES string of the molecule is N#CCCN=C(P)c1ccc2nn(CC3CCN(C(=O)c4ccc(Cl)cc4)CC3)cc2c1O. The zero-order valence-electron chi connectivity index (χ0n) is 18.1. The fourth-order valence-corrected chi connectivity index (χ4v) is 4.59. The van der Waals surface area contributed by atoms with Gasteiger partial charge in [-0.05, 0) is 55.2 Å². The third-order valence-electron chi connectivity index (χ3n) is 5.93. The highest BCUT2D eigenvalue weighted by Gasteiger charge is 2.24. The Labute approximate surface area is 199 Å². The predicted octanol–water partition coefficient (Wildman–Crippen LogP) is 4.48. The minimum atomic E-state index is 0.0390. The van der Waals surface area contributed by atoms with Gasteiger partial charge in [-0.15, -0.1) is 0 Å². The summed E-state index contributed by atoms with van der Waals surface area (Å²) in [6, 6.07) is 12.7. The molecule has 3 aromatic rings. The monoisotopic (exact) mass is 481 g/mol. The summed E-state index contributed by atoms with van der Waals surface area (Å²) >= 11 is 5.92. The molecule has 1 amide bonds. The highest BCUT2D eigenvalue weighted by molar-refractivity contribution is 7.42. The average molecular weight is 482 g/mol. The van der Waals surface area contributed by atoms with Gasteiger partial charge >= 0.3 is 0 Å². The van der Waals surface area contributed by atoms with Crippen LogP contribution in [-0.2, 0) is 6.54 Å². The van der Waals surface area contributed by atoms with E-state index in [1.165, 1.54) is 0 Å². The number of fused-ring (bicyclic) bond motifs is 1. The van der Waals surface area contributed by atoms with Gasteiger partial charge in [0.15, 0.2) is 0 Å². The van der Waals surface area contributed by atoms with Crippen molar-refractivity contribution in [2.24, 2.45) is 10.9 Å². The quantitative estimate of drug-likeness (QED) is 0.319. The lowest BCUT2D eigenvalue weighted by Crippen LogP contribution is -2.39. The summed E-state index contributed by atoms with van der Waals surface area (Å²) in [4.78, 5) is 18.9. The van der Waals surface area contributed by atoms with E-state index in [1.807, 2.05) is 21.8 Å². The standard InChI is InChI=1S/C24H25ClN5O2P/c25-18-4-2-17(3-5-18)24(32)29-12-8-16(9-13-29)14-30-15-20-21(28-30)7-6-19(22(20)31)23(33)27-11-1-10-26/h2-7,15-16,31H,1,8-9,11-14,33H2. The second kappa shape index (κ2) is 10.3. The third kappa shape index (κ3) is 5.35. The van der Waals surface area contributed by atoms with Crippen LogP contribution in [0.25, 0.3) is 10.9 Å². The van der Waals surface area contributed by atoms with Gasteiger partial charge in [0, 0.05) is 42.0 Å². The van der Waals surface area contributed by atoms with Crippen molar-refractivity contribution in [1.82, 2.24) is 14.7 Å². The first-order valence-electron chi connectivity index (χ1n) is 10.9. The van der Waals surface area contributed by atoms with E-state index >= 15 is 0 Å². The van der Waals surface area contributed by atoms with E-state index in [-0.39, 0.29) is 11.7 Å². The van der Waals surface area contributed by atoms with Crippen LogP contribution in [0.3, 0.4) is 0 Å². The fourth-order valence-electron chi connectivity index (χ4n) is 4.10. The van der Waals surface area contributed by atoms with Crippen LogP contribution in [-0.4, -0.2) is 50.8 Å². The van der Waals surface area contributed by atoms with Crippen molar-refractivity contribution in [2.45, 2.75) is 25.8 Å². The van der Waals surface area contributed by atoms with Gasteiger partial charge in [0.25, 0.3) is 5.91 Å². The highest BCUT2D eigenvalue weighted by atomic mass is 35.5. The number of nitrogens with zero attached hydrogens (tertiary/aromatic N) is 5. The van der Waals surface area contributed by atoms with Crippen molar-refractivity contribution in [2.75, 3.05) is 19.6 Å². The number of carbonyl (C=O) groups excluding carboxylic acids is 1. The summed E-state index contributed by atoms with van der Waals surface area (Å²) in [6.07, 6.45) is 4.00. The predicted molar refractivity (Wildman–Crippen MR) is 133 cm³/mol. The zero-order valence-corrected chi connectivity index (χ0v) is 20.0. The van der Waals surface area contributed by atoms with Crippen molar-refractivity contribution in [1.29, 1.82) is 5.26 Å².